The van der Waals surface area contributed by atoms with Gasteiger partial charge < -0.3 is 19.6 Å². The Hall–Kier alpha value is -1.46. The van der Waals surface area contributed by atoms with Gasteiger partial charge in [-0.25, -0.2) is 9.59 Å². The first kappa shape index (κ1) is 13.0. The molecule has 0 radical (unpaired) electrons. The number of carbonyl (C=O) groups excluding carboxylic acids is 1. The van der Waals surface area contributed by atoms with Crippen molar-refractivity contribution in [2.75, 3.05) is 19.6 Å². The maximum absolute atomic E-state index is 11.9. The number of carbonyl (C=O) groups is 2. The van der Waals surface area contributed by atoms with Crippen molar-refractivity contribution in [3.05, 3.63) is 0 Å². The predicted molar refractivity (Wildman–Crippen MR) is 64.4 cm³/mol. The summed E-state index contributed by atoms with van der Waals surface area (Å²) in [6.45, 7) is 7.18. The van der Waals surface area contributed by atoms with E-state index in [1.54, 1.807) is 4.90 Å². The van der Waals surface area contributed by atoms with E-state index in [0.717, 1.165) is 6.42 Å². The molecule has 6 heteroatoms. The van der Waals surface area contributed by atoms with E-state index in [1.165, 1.54) is 4.90 Å². The second-order valence-corrected chi connectivity index (χ2v) is 5.98. The number of ether oxygens (including phenoxy) is 1. The zero-order valence-corrected chi connectivity index (χ0v) is 11.0. The largest absolute Gasteiger partial charge is 0.465 e. The second-order valence-electron chi connectivity index (χ2n) is 5.98. The zero-order valence-electron chi connectivity index (χ0n) is 11.0. The lowest BCUT2D eigenvalue weighted by Crippen LogP contribution is -2.66. The lowest BCUT2D eigenvalue weighted by Gasteiger charge is -2.51. The van der Waals surface area contributed by atoms with Gasteiger partial charge in [0.1, 0.15) is 5.60 Å². The van der Waals surface area contributed by atoms with Crippen molar-refractivity contribution in [3.63, 3.8) is 0 Å². The van der Waals surface area contributed by atoms with Crippen LogP contribution >= 0.6 is 0 Å². The number of amides is 2. The molecule has 0 bridgehead atoms. The van der Waals surface area contributed by atoms with E-state index in [0.29, 0.717) is 25.6 Å². The molecule has 18 heavy (non-hydrogen) atoms. The molecule has 2 aliphatic heterocycles. The van der Waals surface area contributed by atoms with Gasteiger partial charge in [-0.15, -0.1) is 0 Å². The SMILES string of the molecule is CC(C)(C)OC(=O)N1CCC2CN(C(=O)O)C2C1. The first-order chi connectivity index (χ1) is 8.28. The topological polar surface area (TPSA) is 70.1 Å². The predicted octanol–water partition coefficient (Wildman–Crippen LogP) is 1.61. The zero-order chi connectivity index (χ0) is 13.5. The van der Waals surface area contributed by atoms with Crippen LogP contribution in [0.2, 0.25) is 0 Å². The average molecular weight is 256 g/mol. The number of carboxylic acid groups (broad SMARTS) is 1. The summed E-state index contributed by atoms with van der Waals surface area (Å²) >= 11 is 0. The van der Waals surface area contributed by atoms with E-state index in [2.05, 4.69) is 0 Å². The van der Waals surface area contributed by atoms with Crippen LogP contribution in [0.5, 0.6) is 0 Å². The molecule has 2 aliphatic rings. The minimum atomic E-state index is -0.901. The third-order valence-corrected chi connectivity index (χ3v) is 3.45. The average Bonchev–Trinajstić information content (AvgIpc) is 2.16. The summed E-state index contributed by atoms with van der Waals surface area (Å²) in [4.78, 5) is 25.9. The van der Waals surface area contributed by atoms with Gasteiger partial charge in [-0.1, -0.05) is 0 Å². The molecule has 0 aromatic heterocycles. The van der Waals surface area contributed by atoms with Gasteiger partial charge >= 0.3 is 12.2 Å². The molecule has 1 N–H and O–H groups in total. The van der Waals surface area contributed by atoms with Gasteiger partial charge in [0.05, 0.1) is 6.04 Å². The van der Waals surface area contributed by atoms with Gasteiger partial charge in [-0.05, 0) is 27.2 Å². The van der Waals surface area contributed by atoms with Crippen LogP contribution in [0.3, 0.4) is 0 Å². The molecule has 2 amide bonds. The standard InChI is InChI=1S/C12H20N2O4/c1-12(2,3)18-11(17)13-5-4-8-6-14(10(15)16)9(8)7-13/h8-9H,4-7H2,1-3H3,(H,15,16). The van der Waals surface area contributed by atoms with Gasteiger partial charge in [0.15, 0.2) is 0 Å². The summed E-state index contributed by atoms with van der Waals surface area (Å²) < 4.78 is 5.30. The summed E-state index contributed by atoms with van der Waals surface area (Å²) in [5.74, 6) is 0.403. The van der Waals surface area contributed by atoms with Gasteiger partial charge in [0.25, 0.3) is 0 Å². The van der Waals surface area contributed by atoms with Crippen LogP contribution in [0, 0.1) is 5.92 Å². The van der Waals surface area contributed by atoms with Crippen LogP contribution in [0.15, 0.2) is 0 Å². The van der Waals surface area contributed by atoms with E-state index in [9.17, 15) is 9.59 Å². The first-order valence-electron chi connectivity index (χ1n) is 6.25. The molecular weight excluding hydrogens is 236 g/mol. The number of likely N-dealkylation sites (tertiary alicyclic amines) is 2. The number of fused-ring (bicyclic) bond motifs is 1. The molecule has 0 aromatic carbocycles. The van der Waals surface area contributed by atoms with Crippen molar-refractivity contribution in [1.82, 2.24) is 9.80 Å². The summed E-state index contributed by atoms with van der Waals surface area (Å²) in [7, 11) is 0. The van der Waals surface area contributed by atoms with Crippen LogP contribution < -0.4 is 0 Å². The van der Waals surface area contributed by atoms with Crippen molar-refractivity contribution >= 4 is 12.2 Å². The molecule has 2 fully saturated rings. The molecule has 6 nitrogen and oxygen atoms in total. The summed E-state index contributed by atoms with van der Waals surface area (Å²) in [6, 6.07) is -0.0521. The minimum Gasteiger partial charge on any atom is -0.465 e. The van der Waals surface area contributed by atoms with Crippen LogP contribution in [0.25, 0.3) is 0 Å². The van der Waals surface area contributed by atoms with Crippen LogP contribution in [-0.4, -0.2) is 58.4 Å². The van der Waals surface area contributed by atoms with E-state index < -0.39 is 11.7 Å². The maximum atomic E-state index is 11.9. The highest BCUT2D eigenvalue weighted by molar-refractivity contribution is 5.70. The van der Waals surface area contributed by atoms with Crippen molar-refractivity contribution < 1.29 is 19.4 Å². The van der Waals surface area contributed by atoms with Gasteiger partial charge in [0.2, 0.25) is 0 Å². The van der Waals surface area contributed by atoms with Crippen molar-refractivity contribution in [3.8, 4) is 0 Å². The van der Waals surface area contributed by atoms with Crippen molar-refractivity contribution in [1.29, 1.82) is 0 Å². The molecule has 2 heterocycles. The summed E-state index contributed by atoms with van der Waals surface area (Å²) in [5.41, 5.74) is -0.514. The Kier molecular flexibility index (Phi) is 3.12. The maximum Gasteiger partial charge on any atom is 0.410 e. The smallest absolute Gasteiger partial charge is 0.410 e. The third kappa shape index (κ3) is 2.52. The summed E-state index contributed by atoms with van der Waals surface area (Å²) in [5, 5.41) is 8.97. The monoisotopic (exact) mass is 256 g/mol. The van der Waals surface area contributed by atoms with E-state index in [1.807, 2.05) is 20.8 Å². The second kappa shape index (κ2) is 4.33. The Morgan fingerprint density at radius 2 is 1.94 bits per heavy atom. The number of piperidine rings is 1. The van der Waals surface area contributed by atoms with Gasteiger partial charge in [0, 0.05) is 25.6 Å². The van der Waals surface area contributed by atoms with Crippen LogP contribution in [-0.2, 0) is 4.74 Å². The fourth-order valence-electron chi connectivity index (χ4n) is 2.51. The fraction of sp³-hybridized carbons (Fsp3) is 0.833. The Labute approximate surface area is 106 Å². The van der Waals surface area contributed by atoms with Gasteiger partial charge in [-0.2, -0.15) is 0 Å². The quantitative estimate of drug-likeness (QED) is 0.714. The van der Waals surface area contributed by atoms with Crippen LogP contribution in [0.4, 0.5) is 9.59 Å². The molecule has 2 unspecified atom stereocenters. The molecule has 102 valence electrons. The Morgan fingerprint density at radius 1 is 1.28 bits per heavy atom. The van der Waals surface area contributed by atoms with E-state index >= 15 is 0 Å². The fourth-order valence-corrected chi connectivity index (χ4v) is 2.51. The molecular formula is C12H20N2O4. The highest BCUT2D eigenvalue weighted by Crippen LogP contribution is 2.32. The Morgan fingerprint density at radius 3 is 2.50 bits per heavy atom. The highest BCUT2D eigenvalue weighted by atomic mass is 16.6. The number of nitrogens with zero attached hydrogens (tertiary/aromatic N) is 2. The minimum absolute atomic E-state index is 0.0521. The molecule has 2 saturated heterocycles. The normalized spacial score (nSPS) is 27.3. The third-order valence-electron chi connectivity index (χ3n) is 3.45. The summed E-state index contributed by atoms with van der Waals surface area (Å²) in [6.07, 6.45) is -0.395. The van der Waals surface area contributed by atoms with Gasteiger partial charge in [-0.3, -0.25) is 0 Å². The van der Waals surface area contributed by atoms with Crippen molar-refractivity contribution in [2.45, 2.75) is 38.8 Å². The van der Waals surface area contributed by atoms with E-state index in [-0.39, 0.29) is 12.1 Å². The van der Waals surface area contributed by atoms with Crippen molar-refractivity contribution in [2.24, 2.45) is 5.92 Å². The Bertz CT molecular complexity index is 364. The highest BCUT2D eigenvalue weighted by Gasteiger charge is 2.46. The van der Waals surface area contributed by atoms with E-state index in [4.69, 9.17) is 9.84 Å². The molecule has 0 aliphatic carbocycles. The number of hydrogen-bond donors (Lipinski definition) is 1. The molecule has 0 saturated carbocycles. The lowest BCUT2D eigenvalue weighted by atomic mass is 9.83. The number of rotatable bonds is 0. The molecule has 0 aromatic rings. The van der Waals surface area contributed by atoms with Crippen LogP contribution in [0.1, 0.15) is 27.2 Å². The first-order valence-corrected chi connectivity index (χ1v) is 6.25. The lowest BCUT2D eigenvalue weighted by molar-refractivity contribution is -0.0402. The molecule has 0 spiro atoms. The number of hydrogen-bond acceptors (Lipinski definition) is 3. The Balaban J connectivity index is 1.93. The molecule has 2 rings (SSSR count). The molecule has 2 atom stereocenters.